The van der Waals surface area contributed by atoms with Crippen LogP contribution in [0.25, 0.3) is 10.8 Å². The number of fused-ring (bicyclic) bond motifs is 1. The molecule has 0 saturated heterocycles. The van der Waals surface area contributed by atoms with Crippen LogP contribution in [-0.2, 0) is 6.42 Å². The van der Waals surface area contributed by atoms with Gasteiger partial charge in [-0.3, -0.25) is 4.79 Å². The van der Waals surface area contributed by atoms with E-state index in [1.165, 1.54) is 0 Å². The smallest absolute Gasteiger partial charge is 0.228 e. The van der Waals surface area contributed by atoms with Crippen LogP contribution in [0.1, 0.15) is 28.8 Å². The Balaban J connectivity index is 2.14. The highest BCUT2D eigenvalue weighted by molar-refractivity contribution is 9.10. The third-order valence-corrected chi connectivity index (χ3v) is 4.04. The zero-order chi connectivity index (χ0) is 14.1. The predicted molar refractivity (Wildman–Crippen MR) is 83.2 cm³/mol. The number of carbonyl (C=O) groups is 1. The van der Waals surface area contributed by atoms with Crippen LogP contribution < -0.4 is 0 Å². The van der Waals surface area contributed by atoms with Gasteiger partial charge in [0, 0.05) is 16.5 Å². The van der Waals surface area contributed by atoms with Crippen LogP contribution in [0.5, 0.6) is 0 Å². The first-order valence-corrected chi connectivity index (χ1v) is 7.30. The summed E-state index contributed by atoms with van der Waals surface area (Å²) in [5.74, 6) is 1.15. The first-order chi connectivity index (χ1) is 9.70. The van der Waals surface area contributed by atoms with Gasteiger partial charge in [-0.15, -0.1) is 0 Å². The second kappa shape index (κ2) is 5.25. The Labute approximate surface area is 125 Å². The van der Waals surface area contributed by atoms with Gasteiger partial charge in [-0.2, -0.15) is 0 Å². The lowest BCUT2D eigenvalue weighted by molar-refractivity contribution is 0.101. The number of hydrogen-bond acceptors (Lipinski definition) is 2. The summed E-state index contributed by atoms with van der Waals surface area (Å²) in [6.45, 7) is 2.00. The van der Waals surface area contributed by atoms with E-state index in [9.17, 15) is 4.79 Å². The summed E-state index contributed by atoms with van der Waals surface area (Å²) in [6.07, 6.45) is 0.786. The van der Waals surface area contributed by atoms with Gasteiger partial charge >= 0.3 is 0 Å². The van der Waals surface area contributed by atoms with Crippen molar-refractivity contribution in [3.8, 4) is 0 Å². The zero-order valence-corrected chi connectivity index (χ0v) is 12.6. The minimum atomic E-state index is -0.0756. The van der Waals surface area contributed by atoms with E-state index in [1.807, 2.05) is 49.4 Å². The molecule has 0 spiro atoms. The molecule has 20 heavy (non-hydrogen) atoms. The Morgan fingerprint density at radius 1 is 1.05 bits per heavy atom. The van der Waals surface area contributed by atoms with E-state index in [-0.39, 0.29) is 5.78 Å². The first kappa shape index (κ1) is 13.1. The molecule has 1 heterocycles. The topological polar surface area (TPSA) is 30.2 Å². The Bertz CT molecular complexity index is 787. The standard InChI is InChI=1S/C17H13BrO2/c1-2-11-7-10-16(20-11)17(19)14-8-9-15(18)13-6-4-3-5-12(13)14/h3-10H,2H2,1H3. The van der Waals surface area contributed by atoms with E-state index in [2.05, 4.69) is 15.9 Å². The van der Waals surface area contributed by atoms with Crippen molar-refractivity contribution in [2.45, 2.75) is 13.3 Å². The molecule has 2 nitrogen and oxygen atoms in total. The fourth-order valence-electron chi connectivity index (χ4n) is 2.28. The van der Waals surface area contributed by atoms with E-state index in [1.54, 1.807) is 6.07 Å². The van der Waals surface area contributed by atoms with E-state index in [0.29, 0.717) is 11.3 Å². The normalized spacial score (nSPS) is 10.9. The summed E-state index contributed by atoms with van der Waals surface area (Å²) in [5, 5.41) is 1.96. The summed E-state index contributed by atoms with van der Waals surface area (Å²) in [4.78, 5) is 12.6. The molecular formula is C17H13BrO2. The minimum Gasteiger partial charge on any atom is -0.458 e. The molecular weight excluding hydrogens is 316 g/mol. The fraction of sp³-hybridized carbons (Fsp3) is 0.118. The lowest BCUT2D eigenvalue weighted by Crippen LogP contribution is -2.00. The van der Waals surface area contributed by atoms with Crippen LogP contribution in [-0.4, -0.2) is 5.78 Å². The maximum atomic E-state index is 12.6. The van der Waals surface area contributed by atoms with Crippen LogP contribution in [0, 0.1) is 0 Å². The van der Waals surface area contributed by atoms with Crippen molar-refractivity contribution in [1.82, 2.24) is 0 Å². The summed E-state index contributed by atoms with van der Waals surface area (Å²) in [6, 6.07) is 15.2. The van der Waals surface area contributed by atoms with Gasteiger partial charge in [0.15, 0.2) is 5.76 Å². The third-order valence-electron chi connectivity index (χ3n) is 3.35. The van der Waals surface area contributed by atoms with Gasteiger partial charge in [-0.05, 0) is 35.0 Å². The molecule has 0 saturated carbocycles. The quantitative estimate of drug-likeness (QED) is 0.634. The maximum absolute atomic E-state index is 12.6. The van der Waals surface area contributed by atoms with E-state index < -0.39 is 0 Å². The second-order valence-electron chi connectivity index (χ2n) is 4.59. The molecule has 0 aliphatic rings. The van der Waals surface area contributed by atoms with Crippen molar-refractivity contribution < 1.29 is 9.21 Å². The average Bonchev–Trinajstić information content (AvgIpc) is 2.96. The monoisotopic (exact) mass is 328 g/mol. The molecule has 3 heteroatoms. The molecule has 3 aromatic rings. The number of aryl methyl sites for hydroxylation is 1. The molecule has 0 aliphatic heterocycles. The van der Waals surface area contributed by atoms with Crippen molar-refractivity contribution in [3.05, 3.63) is 70.1 Å². The van der Waals surface area contributed by atoms with Crippen LogP contribution in [0.2, 0.25) is 0 Å². The Morgan fingerprint density at radius 2 is 1.80 bits per heavy atom. The summed E-state index contributed by atoms with van der Waals surface area (Å²) >= 11 is 3.52. The predicted octanol–water partition coefficient (Wildman–Crippen LogP) is 4.99. The van der Waals surface area contributed by atoms with Gasteiger partial charge in [-0.25, -0.2) is 0 Å². The number of ketones is 1. The van der Waals surface area contributed by atoms with Crippen molar-refractivity contribution >= 4 is 32.5 Å². The molecule has 3 rings (SSSR count). The molecule has 0 fully saturated rings. The largest absolute Gasteiger partial charge is 0.458 e. The lowest BCUT2D eigenvalue weighted by Gasteiger charge is -2.06. The number of halogens is 1. The molecule has 2 aromatic carbocycles. The van der Waals surface area contributed by atoms with Crippen molar-refractivity contribution in [1.29, 1.82) is 0 Å². The zero-order valence-electron chi connectivity index (χ0n) is 11.0. The van der Waals surface area contributed by atoms with Gasteiger partial charge in [0.1, 0.15) is 5.76 Å². The number of furan rings is 1. The van der Waals surface area contributed by atoms with Gasteiger partial charge < -0.3 is 4.42 Å². The third kappa shape index (κ3) is 2.18. The summed E-state index contributed by atoms with van der Waals surface area (Å²) in [7, 11) is 0. The second-order valence-corrected chi connectivity index (χ2v) is 5.44. The Hall–Kier alpha value is -1.87. The first-order valence-electron chi connectivity index (χ1n) is 6.51. The lowest BCUT2D eigenvalue weighted by atomic mass is 10.0. The SMILES string of the molecule is CCc1ccc(C(=O)c2ccc(Br)c3ccccc23)o1. The van der Waals surface area contributed by atoms with Crippen molar-refractivity contribution in [2.24, 2.45) is 0 Å². The highest BCUT2D eigenvalue weighted by Crippen LogP contribution is 2.28. The molecule has 0 unspecified atom stereocenters. The molecule has 0 radical (unpaired) electrons. The molecule has 0 amide bonds. The van der Waals surface area contributed by atoms with E-state index in [0.717, 1.165) is 27.4 Å². The van der Waals surface area contributed by atoms with Crippen molar-refractivity contribution in [2.75, 3.05) is 0 Å². The molecule has 0 N–H and O–H groups in total. The molecule has 0 bridgehead atoms. The number of hydrogen-bond donors (Lipinski definition) is 0. The van der Waals surface area contributed by atoms with Crippen LogP contribution in [0.15, 0.2) is 57.4 Å². The van der Waals surface area contributed by atoms with E-state index in [4.69, 9.17) is 4.42 Å². The highest BCUT2D eigenvalue weighted by Gasteiger charge is 2.16. The van der Waals surface area contributed by atoms with Crippen LogP contribution in [0.4, 0.5) is 0 Å². The van der Waals surface area contributed by atoms with Gasteiger partial charge in [0.2, 0.25) is 5.78 Å². The van der Waals surface area contributed by atoms with Gasteiger partial charge in [0.25, 0.3) is 0 Å². The molecule has 100 valence electrons. The fourth-order valence-corrected chi connectivity index (χ4v) is 2.76. The van der Waals surface area contributed by atoms with Crippen LogP contribution >= 0.6 is 15.9 Å². The molecule has 0 atom stereocenters. The Morgan fingerprint density at radius 3 is 2.50 bits per heavy atom. The number of rotatable bonds is 3. The molecule has 1 aromatic heterocycles. The highest BCUT2D eigenvalue weighted by atomic mass is 79.9. The minimum absolute atomic E-state index is 0.0756. The average molecular weight is 329 g/mol. The summed E-state index contributed by atoms with van der Waals surface area (Å²) in [5.41, 5.74) is 0.667. The Kier molecular flexibility index (Phi) is 3.45. The number of carbonyl (C=O) groups excluding carboxylic acids is 1. The molecule has 0 aliphatic carbocycles. The van der Waals surface area contributed by atoms with Crippen molar-refractivity contribution in [3.63, 3.8) is 0 Å². The number of benzene rings is 2. The summed E-state index contributed by atoms with van der Waals surface area (Å²) < 4.78 is 6.55. The maximum Gasteiger partial charge on any atom is 0.228 e. The van der Waals surface area contributed by atoms with E-state index >= 15 is 0 Å². The van der Waals surface area contributed by atoms with Gasteiger partial charge in [-0.1, -0.05) is 47.1 Å². The van der Waals surface area contributed by atoms with Gasteiger partial charge in [0.05, 0.1) is 0 Å². The van der Waals surface area contributed by atoms with Crippen LogP contribution in [0.3, 0.4) is 0 Å².